The second-order valence-corrected chi connectivity index (χ2v) is 9.64. The van der Waals surface area contributed by atoms with Gasteiger partial charge in [-0.25, -0.2) is 22.2 Å². The number of nitrogens with zero attached hydrogens (tertiary/aromatic N) is 1. The van der Waals surface area contributed by atoms with Crippen molar-refractivity contribution in [1.29, 1.82) is 0 Å². The summed E-state index contributed by atoms with van der Waals surface area (Å²) in [5.74, 6) is -2.12. The molecule has 1 aliphatic rings. The maximum atomic E-state index is 14.0. The SMILES string of the molecule is COc1nc(C)c(B2OC(C)(C)C(C)(C)O2)cc1NS(=O)(=O)c1ccc(F)cc1F. The number of aryl methyl sites for hydroxylation is 1. The molecule has 1 aliphatic heterocycles. The fourth-order valence-electron chi connectivity index (χ4n) is 2.93. The van der Waals surface area contributed by atoms with Gasteiger partial charge in [-0.05, 0) is 52.8 Å². The van der Waals surface area contributed by atoms with Crippen molar-refractivity contribution in [2.75, 3.05) is 11.8 Å². The summed E-state index contributed by atoms with van der Waals surface area (Å²) in [5, 5.41) is 0. The minimum absolute atomic E-state index is 0.0149. The van der Waals surface area contributed by atoms with Crippen LogP contribution in [0.15, 0.2) is 29.2 Å². The number of pyridine rings is 1. The molecule has 0 unspecified atom stereocenters. The Balaban J connectivity index is 2.02. The number of halogens is 2. The molecule has 0 bridgehead atoms. The van der Waals surface area contributed by atoms with Gasteiger partial charge in [-0.2, -0.15) is 0 Å². The van der Waals surface area contributed by atoms with Crippen molar-refractivity contribution in [1.82, 2.24) is 4.98 Å². The number of ether oxygens (including phenoxy) is 1. The summed E-state index contributed by atoms with van der Waals surface area (Å²) in [6.45, 7) is 9.27. The van der Waals surface area contributed by atoms with E-state index < -0.39 is 44.9 Å². The van der Waals surface area contributed by atoms with Crippen molar-refractivity contribution in [3.63, 3.8) is 0 Å². The molecule has 0 spiro atoms. The lowest BCUT2D eigenvalue weighted by Crippen LogP contribution is -2.41. The molecular formula is C19H23BF2N2O5S. The molecule has 11 heteroatoms. The largest absolute Gasteiger partial charge is 0.496 e. The third-order valence-electron chi connectivity index (χ3n) is 5.35. The van der Waals surface area contributed by atoms with Crippen LogP contribution in [-0.4, -0.2) is 38.8 Å². The molecule has 162 valence electrons. The highest BCUT2D eigenvalue weighted by atomic mass is 32.2. The quantitative estimate of drug-likeness (QED) is 0.720. The highest BCUT2D eigenvalue weighted by Gasteiger charge is 2.52. The van der Waals surface area contributed by atoms with E-state index >= 15 is 0 Å². The summed E-state index contributed by atoms with van der Waals surface area (Å²) in [6.07, 6.45) is 0. The number of hydrogen-bond donors (Lipinski definition) is 1. The Kier molecular flexibility index (Phi) is 5.59. The molecule has 0 amide bonds. The second kappa shape index (κ2) is 7.47. The van der Waals surface area contributed by atoms with Crippen LogP contribution in [0.1, 0.15) is 33.4 Å². The molecular weight excluding hydrogens is 417 g/mol. The first-order chi connectivity index (χ1) is 13.8. The van der Waals surface area contributed by atoms with Gasteiger partial charge in [0.05, 0.1) is 18.3 Å². The summed E-state index contributed by atoms with van der Waals surface area (Å²) in [7, 11) is -3.85. The van der Waals surface area contributed by atoms with Gasteiger partial charge in [-0.3, -0.25) is 4.72 Å². The monoisotopic (exact) mass is 440 g/mol. The lowest BCUT2D eigenvalue weighted by molar-refractivity contribution is 0.00578. The molecule has 1 aromatic heterocycles. The molecule has 1 fully saturated rings. The highest BCUT2D eigenvalue weighted by Crippen LogP contribution is 2.37. The van der Waals surface area contributed by atoms with E-state index in [0.717, 1.165) is 12.1 Å². The van der Waals surface area contributed by atoms with Crippen LogP contribution in [0.4, 0.5) is 14.5 Å². The highest BCUT2D eigenvalue weighted by molar-refractivity contribution is 7.92. The standard InChI is InChI=1S/C19H23BF2N2O5S/c1-11-13(20-28-18(2,3)19(4,5)29-20)10-15(17(23-11)27-6)24-30(25,26)16-8-7-12(21)9-14(16)22/h7-10,24H,1-6H3. The third-order valence-corrected chi connectivity index (χ3v) is 6.74. The van der Waals surface area contributed by atoms with Crippen molar-refractivity contribution >= 4 is 28.3 Å². The van der Waals surface area contributed by atoms with Gasteiger partial charge >= 0.3 is 7.12 Å². The number of benzene rings is 1. The predicted octanol–water partition coefficient (Wildman–Crippen LogP) is 2.78. The van der Waals surface area contributed by atoms with Crippen molar-refractivity contribution < 1.29 is 31.2 Å². The van der Waals surface area contributed by atoms with Crippen LogP contribution in [0.5, 0.6) is 5.88 Å². The average molecular weight is 440 g/mol. The number of rotatable bonds is 5. The van der Waals surface area contributed by atoms with Crippen LogP contribution in [-0.2, 0) is 19.3 Å². The molecule has 30 heavy (non-hydrogen) atoms. The molecule has 1 saturated heterocycles. The number of anilines is 1. The van der Waals surface area contributed by atoms with Crippen LogP contribution >= 0.6 is 0 Å². The fourth-order valence-corrected chi connectivity index (χ4v) is 4.04. The summed E-state index contributed by atoms with van der Waals surface area (Å²) in [4.78, 5) is 3.58. The van der Waals surface area contributed by atoms with Crippen LogP contribution in [0, 0.1) is 18.6 Å². The molecule has 3 rings (SSSR count). The van der Waals surface area contributed by atoms with Crippen molar-refractivity contribution in [2.24, 2.45) is 0 Å². The van der Waals surface area contributed by atoms with Crippen LogP contribution < -0.4 is 14.9 Å². The molecule has 0 aliphatic carbocycles. The van der Waals surface area contributed by atoms with E-state index in [0.29, 0.717) is 17.2 Å². The first-order valence-electron chi connectivity index (χ1n) is 9.16. The number of aromatic nitrogens is 1. The maximum Gasteiger partial charge on any atom is 0.496 e. The zero-order valence-corrected chi connectivity index (χ0v) is 18.4. The molecule has 2 heterocycles. The van der Waals surface area contributed by atoms with E-state index in [-0.39, 0.29) is 11.6 Å². The first-order valence-corrected chi connectivity index (χ1v) is 10.6. The molecule has 2 aromatic rings. The maximum absolute atomic E-state index is 14.0. The predicted molar refractivity (Wildman–Crippen MR) is 108 cm³/mol. The number of nitrogens with one attached hydrogen (secondary N) is 1. The van der Waals surface area contributed by atoms with Gasteiger partial charge in [0.2, 0.25) is 5.88 Å². The van der Waals surface area contributed by atoms with Crippen LogP contribution in [0.25, 0.3) is 0 Å². The molecule has 0 atom stereocenters. The van der Waals surface area contributed by atoms with Gasteiger partial charge in [-0.1, -0.05) is 0 Å². The van der Waals surface area contributed by atoms with Crippen LogP contribution in [0.3, 0.4) is 0 Å². The van der Waals surface area contributed by atoms with Gasteiger partial charge in [-0.15, -0.1) is 0 Å². The van der Waals surface area contributed by atoms with E-state index in [4.69, 9.17) is 14.0 Å². The topological polar surface area (TPSA) is 86.8 Å². The van der Waals surface area contributed by atoms with E-state index in [1.54, 1.807) is 6.92 Å². The van der Waals surface area contributed by atoms with Gasteiger partial charge in [0.15, 0.2) is 0 Å². The Morgan fingerprint density at radius 2 is 1.70 bits per heavy atom. The summed E-state index contributed by atoms with van der Waals surface area (Å²) >= 11 is 0. The Hall–Kier alpha value is -2.24. The Bertz CT molecular complexity index is 1080. The Labute approximate surface area is 174 Å². The summed E-state index contributed by atoms with van der Waals surface area (Å²) in [5.41, 5.74) is -0.244. The second-order valence-electron chi connectivity index (χ2n) is 7.99. The fraction of sp³-hybridized carbons (Fsp3) is 0.421. The Morgan fingerprint density at radius 3 is 2.23 bits per heavy atom. The van der Waals surface area contributed by atoms with Gasteiger partial charge < -0.3 is 14.0 Å². The molecule has 0 saturated carbocycles. The minimum Gasteiger partial charge on any atom is -0.479 e. The molecule has 1 N–H and O–H groups in total. The van der Waals surface area contributed by atoms with Crippen LogP contribution in [0.2, 0.25) is 0 Å². The zero-order valence-electron chi connectivity index (χ0n) is 17.5. The Morgan fingerprint density at radius 1 is 1.10 bits per heavy atom. The number of methoxy groups -OCH3 is 1. The minimum atomic E-state index is -4.39. The molecule has 1 aromatic carbocycles. The lowest BCUT2D eigenvalue weighted by atomic mass is 9.78. The van der Waals surface area contributed by atoms with Crippen molar-refractivity contribution in [3.8, 4) is 5.88 Å². The lowest BCUT2D eigenvalue weighted by Gasteiger charge is -2.32. The molecule has 0 radical (unpaired) electrons. The smallest absolute Gasteiger partial charge is 0.479 e. The van der Waals surface area contributed by atoms with Gasteiger partial charge in [0, 0.05) is 17.2 Å². The first kappa shape index (κ1) is 22.5. The summed E-state index contributed by atoms with van der Waals surface area (Å²) < 4.78 is 72.1. The summed E-state index contributed by atoms with van der Waals surface area (Å²) in [6, 6.07) is 3.67. The van der Waals surface area contributed by atoms with Gasteiger partial charge in [0.25, 0.3) is 10.0 Å². The average Bonchev–Trinajstić information content (AvgIpc) is 2.82. The van der Waals surface area contributed by atoms with Gasteiger partial charge in [0.1, 0.15) is 22.2 Å². The third kappa shape index (κ3) is 4.01. The van der Waals surface area contributed by atoms with E-state index in [9.17, 15) is 17.2 Å². The molecule has 7 nitrogen and oxygen atoms in total. The van der Waals surface area contributed by atoms with E-state index in [2.05, 4.69) is 9.71 Å². The van der Waals surface area contributed by atoms with E-state index in [1.807, 2.05) is 27.7 Å². The van der Waals surface area contributed by atoms with Crippen molar-refractivity contribution in [2.45, 2.75) is 50.7 Å². The zero-order chi connectivity index (χ0) is 22.5. The van der Waals surface area contributed by atoms with E-state index in [1.165, 1.54) is 13.2 Å². The normalized spacial score (nSPS) is 17.8. The number of sulfonamides is 1. The number of hydrogen-bond acceptors (Lipinski definition) is 6. The van der Waals surface area contributed by atoms with Crippen molar-refractivity contribution in [3.05, 3.63) is 41.6 Å².